The van der Waals surface area contributed by atoms with Crippen molar-refractivity contribution in [2.45, 2.75) is 19.8 Å². The first-order valence-electron chi connectivity index (χ1n) is 12.4. The van der Waals surface area contributed by atoms with Gasteiger partial charge in [-0.3, -0.25) is 9.59 Å². The molecule has 1 aliphatic carbocycles. The van der Waals surface area contributed by atoms with Crippen LogP contribution in [0.4, 0.5) is 26.0 Å². The number of nitrogens with zero attached hydrogens (tertiary/aromatic N) is 1. The summed E-state index contributed by atoms with van der Waals surface area (Å²) in [7, 11) is 0. The Kier molecular flexibility index (Phi) is 6.94. The van der Waals surface area contributed by atoms with E-state index >= 15 is 4.39 Å². The predicted octanol–water partition coefficient (Wildman–Crippen LogP) is 7.21. The standard InChI is InChI=1S/C31H26F2N4O2/c1-19(20-6-4-3-5-7-20)16-25-26(18-35-28(25)34-2)24-17-23(12-13-27(24)33)37-30(39)31(14-15-31)29(38)36-22-10-8-21(32)9-11-22/h3-13,16-18,35H,2,14-15H2,1H3,(H,36,38)(H,37,39)/b19-16+. The van der Waals surface area contributed by atoms with E-state index in [1.54, 1.807) is 6.20 Å². The maximum absolute atomic E-state index is 15.1. The molecule has 3 aromatic carbocycles. The van der Waals surface area contributed by atoms with Crippen LogP contribution in [0.5, 0.6) is 0 Å². The average Bonchev–Trinajstić information content (AvgIpc) is 3.67. The van der Waals surface area contributed by atoms with Gasteiger partial charge >= 0.3 is 0 Å². The molecule has 1 aromatic heterocycles. The fourth-order valence-electron chi connectivity index (χ4n) is 4.45. The van der Waals surface area contributed by atoms with Crippen LogP contribution in [0.1, 0.15) is 30.9 Å². The molecule has 6 nitrogen and oxygen atoms in total. The number of benzene rings is 3. The fraction of sp³-hybridized carbons (Fsp3) is 0.129. The number of aromatic amines is 1. The number of halogens is 2. The number of hydrogen-bond acceptors (Lipinski definition) is 3. The molecule has 39 heavy (non-hydrogen) atoms. The number of H-pyrrole nitrogens is 1. The Hall–Kier alpha value is -4.85. The van der Waals surface area contributed by atoms with Crippen LogP contribution in [0.15, 0.2) is 84.0 Å². The number of allylic oxidation sites excluding steroid dienone is 1. The molecule has 0 bridgehead atoms. The summed E-state index contributed by atoms with van der Waals surface area (Å²) in [6.07, 6.45) is 4.31. The van der Waals surface area contributed by atoms with Gasteiger partial charge in [-0.25, -0.2) is 13.8 Å². The molecule has 3 N–H and O–H groups in total. The van der Waals surface area contributed by atoms with Gasteiger partial charge in [-0.2, -0.15) is 0 Å². The van der Waals surface area contributed by atoms with Crippen molar-refractivity contribution in [3.05, 3.63) is 102 Å². The first kappa shape index (κ1) is 25.8. The quantitative estimate of drug-likeness (QED) is 0.168. The molecule has 0 aliphatic heterocycles. The maximum atomic E-state index is 15.1. The second-order valence-electron chi connectivity index (χ2n) is 9.51. The van der Waals surface area contributed by atoms with E-state index in [1.165, 1.54) is 42.5 Å². The van der Waals surface area contributed by atoms with Gasteiger partial charge in [0.05, 0.1) is 0 Å². The summed E-state index contributed by atoms with van der Waals surface area (Å²) in [5, 5.41) is 5.46. The van der Waals surface area contributed by atoms with Crippen LogP contribution >= 0.6 is 0 Å². The lowest BCUT2D eigenvalue weighted by Crippen LogP contribution is -2.35. The van der Waals surface area contributed by atoms with Crippen LogP contribution in [0, 0.1) is 17.0 Å². The molecule has 0 radical (unpaired) electrons. The summed E-state index contributed by atoms with van der Waals surface area (Å²) < 4.78 is 28.3. The average molecular weight is 525 g/mol. The largest absolute Gasteiger partial charge is 0.346 e. The van der Waals surface area contributed by atoms with Crippen LogP contribution in [0.2, 0.25) is 0 Å². The van der Waals surface area contributed by atoms with Gasteiger partial charge in [0.25, 0.3) is 0 Å². The minimum atomic E-state index is -1.24. The summed E-state index contributed by atoms with van der Waals surface area (Å²) in [5.74, 6) is -1.37. The zero-order valence-corrected chi connectivity index (χ0v) is 21.2. The van der Waals surface area contributed by atoms with Gasteiger partial charge < -0.3 is 15.6 Å². The molecule has 0 spiro atoms. The number of nitrogens with one attached hydrogen (secondary N) is 3. The van der Waals surface area contributed by atoms with Crippen molar-refractivity contribution >= 4 is 47.4 Å². The molecule has 0 atom stereocenters. The Balaban J connectivity index is 1.41. The van der Waals surface area contributed by atoms with Crippen molar-refractivity contribution in [3.63, 3.8) is 0 Å². The fourth-order valence-corrected chi connectivity index (χ4v) is 4.45. The summed E-state index contributed by atoms with van der Waals surface area (Å²) in [6.45, 7) is 5.58. The molecule has 0 unspecified atom stereocenters. The van der Waals surface area contributed by atoms with Gasteiger partial charge in [-0.1, -0.05) is 30.3 Å². The highest BCUT2D eigenvalue weighted by molar-refractivity contribution is 6.17. The lowest BCUT2D eigenvalue weighted by Gasteiger charge is -2.16. The third-order valence-electron chi connectivity index (χ3n) is 6.88. The lowest BCUT2D eigenvalue weighted by molar-refractivity contribution is -0.131. The summed E-state index contributed by atoms with van der Waals surface area (Å²) in [6, 6.07) is 19.4. The summed E-state index contributed by atoms with van der Waals surface area (Å²) in [4.78, 5) is 33.2. The lowest BCUT2D eigenvalue weighted by atomic mass is 9.98. The van der Waals surface area contributed by atoms with E-state index in [4.69, 9.17) is 0 Å². The van der Waals surface area contributed by atoms with E-state index in [9.17, 15) is 14.0 Å². The molecule has 1 saturated carbocycles. The number of carbonyl (C=O) groups excluding carboxylic acids is 2. The highest BCUT2D eigenvalue weighted by atomic mass is 19.1. The number of aliphatic imine (C=N–C) groups is 1. The van der Waals surface area contributed by atoms with Gasteiger partial charge in [0.15, 0.2) is 0 Å². The topological polar surface area (TPSA) is 86.3 Å². The van der Waals surface area contributed by atoms with Crippen molar-refractivity contribution in [2.75, 3.05) is 10.6 Å². The highest BCUT2D eigenvalue weighted by Gasteiger charge is 2.56. The second kappa shape index (κ2) is 10.5. The van der Waals surface area contributed by atoms with E-state index in [2.05, 4.69) is 27.3 Å². The van der Waals surface area contributed by atoms with Crippen LogP contribution in [0.3, 0.4) is 0 Å². The number of carbonyl (C=O) groups is 2. The SMILES string of the molecule is C=Nc1[nH]cc(-c2cc(NC(=O)C3(C(=O)Nc4ccc(F)cc4)CC3)ccc2F)c1/C=C(\C)c1ccccc1. The van der Waals surface area contributed by atoms with Crippen molar-refractivity contribution in [3.8, 4) is 11.1 Å². The summed E-state index contributed by atoms with van der Waals surface area (Å²) >= 11 is 0. The van der Waals surface area contributed by atoms with Crippen molar-refractivity contribution in [1.29, 1.82) is 0 Å². The van der Waals surface area contributed by atoms with E-state index < -0.39 is 28.9 Å². The number of aromatic nitrogens is 1. The Morgan fingerprint density at radius 3 is 2.21 bits per heavy atom. The maximum Gasteiger partial charge on any atom is 0.240 e. The highest BCUT2D eigenvalue weighted by Crippen LogP contribution is 2.48. The van der Waals surface area contributed by atoms with Crippen LogP contribution in [0.25, 0.3) is 22.8 Å². The van der Waals surface area contributed by atoms with Crippen LogP contribution < -0.4 is 10.6 Å². The van der Waals surface area contributed by atoms with Gasteiger partial charge in [0.2, 0.25) is 11.8 Å². The zero-order valence-electron chi connectivity index (χ0n) is 21.2. The van der Waals surface area contributed by atoms with Crippen molar-refractivity contribution in [2.24, 2.45) is 10.4 Å². The van der Waals surface area contributed by atoms with Gasteiger partial charge in [0.1, 0.15) is 22.9 Å². The van der Waals surface area contributed by atoms with E-state index in [0.29, 0.717) is 41.2 Å². The van der Waals surface area contributed by atoms with Gasteiger partial charge in [-0.05, 0) is 86.2 Å². The second-order valence-corrected chi connectivity index (χ2v) is 9.51. The van der Waals surface area contributed by atoms with Crippen molar-refractivity contribution in [1.82, 2.24) is 4.98 Å². The molecule has 0 saturated heterocycles. The number of amides is 2. The smallest absolute Gasteiger partial charge is 0.240 e. The van der Waals surface area contributed by atoms with E-state index in [1.807, 2.05) is 43.3 Å². The molecular weight excluding hydrogens is 498 g/mol. The van der Waals surface area contributed by atoms with Gasteiger partial charge in [0, 0.05) is 34.3 Å². The first-order valence-corrected chi connectivity index (χ1v) is 12.4. The molecule has 1 fully saturated rings. The number of hydrogen-bond donors (Lipinski definition) is 3. The molecule has 5 rings (SSSR count). The molecule has 4 aromatic rings. The van der Waals surface area contributed by atoms with Crippen molar-refractivity contribution < 1.29 is 18.4 Å². The molecule has 2 amide bonds. The zero-order chi connectivity index (χ0) is 27.6. The number of anilines is 2. The predicted molar refractivity (Wildman–Crippen MR) is 151 cm³/mol. The third kappa shape index (κ3) is 5.27. The molecule has 8 heteroatoms. The Labute approximate surface area is 224 Å². The molecular formula is C31H26F2N4O2. The third-order valence-corrected chi connectivity index (χ3v) is 6.88. The Morgan fingerprint density at radius 1 is 0.923 bits per heavy atom. The minimum Gasteiger partial charge on any atom is -0.346 e. The Morgan fingerprint density at radius 2 is 1.56 bits per heavy atom. The minimum absolute atomic E-state index is 0.256. The normalized spacial score (nSPS) is 14.0. The van der Waals surface area contributed by atoms with Crippen LogP contribution in [-0.4, -0.2) is 23.5 Å². The Bertz CT molecular complexity index is 1590. The van der Waals surface area contributed by atoms with E-state index in [-0.39, 0.29) is 5.56 Å². The number of rotatable bonds is 8. The molecule has 1 aliphatic rings. The van der Waals surface area contributed by atoms with Crippen LogP contribution in [-0.2, 0) is 9.59 Å². The van der Waals surface area contributed by atoms with E-state index in [0.717, 1.165) is 11.1 Å². The summed E-state index contributed by atoms with van der Waals surface area (Å²) in [5.41, 5.74) is 2.94. The monoisotopic (exact) mass is 524 g/mol. The molecule has 196 valence electrons. The van der Waals surface area contributed by atoms with Gasteiger partial charge in [-0.15, -0.1) is 0 Å². The molecule has 1 heterocycles. The first-order chi connectivity index (χ1) is 18.8.